The number of rotatable bonds is 7. The average molecular weight is 316 g/mol. The summed E-state index contributed by atoms with van der Waals surface area (Å²) in [4.78, 5) is 0. The number of phenols is 3. The van der Waals surface area contributed by atoms with Crippen molar-refractivity contribution in [2.45, 2.75) is 53.4 Å². The zero-order valence-corrected chi connectivity index (χ0v) is 14.6. The Morgan fingerprint density at radius 1 is 1.04 bits per heavy atom. The van der Waals surface area contributed by atoms with Crippen molar-refractivity contribution in [2.24, 2.45) is 0 Å². The zero-order chi connectivity index (χ0) is 17.4. The van der Waals surface area contributed by atoms with Crippen molar-refractivity contribution >= 4 is 6.08 Å². The predicted octanol–water partition coefficient (Wildman–Crippen LogP) is 5.46. The molecule has 23 heavy (non-hydrogen) atoms. The van der Waals surface area contributed by atoms with Gasteiger partial charge in [0.25, 0.3) is 0 Å². The number of benzene rings is 1. The molecular weight excluding hydrogens is 288 g/mol. The molecule has 3 heteroatoms. The van der Waals surface area contributed by atoms with E-state index in [1.54, 1.807) is 6.08 Å². The summed E-state index contributed by atoms with van der Waals surface area (Å²) in [5, 5.41) is 30.3. The zero-order valence-electron chi connectivity index (χ0n) is 14.6. The first kappa shape index (κ1) is 18.9. The fourth-order valence-electron chi connectivity index (χ4n) is 2.24. The second-order valence-corrected chi connectivity index (χ2v) is 6.05. The Morgan fingerprint density at radius 3 is 2.35 bits per heavy atom. The Hall–Kier alpha value is -2.16. The van der Waals surface area contributed by atoms with Crippen LogP contribution in [0.2, 0.25) is 0 Å². The largest absolute Gasteiger partial charge is 0.507 e. The third kappa shape index (κ3) is 5.85. The van der Waals surface area contributed by atoms with E-state index in [2.05, 4.69) is 19.9 Å². The van der Waals surface area contributed by atoms with Gasteiger partial charge in [-0.3, -0.25) is 0 Å². The van der Waals surface area contributed by atoms with Gasteiger partial charge < -0.3 is 15.3 Å². The molecule has 3 N–H and O–H groups in total. The first-order chi connectivity index (χ1) is 10.9. The van der Waals surface area contributed by atoms with Crippen LogP contribution < -0.4 is 0 Å². The second kappa shape index (κ2) is 9.09. The van der Waals surface area contributed by atoms with Gasteiger partial charge in [-0.05, 0) is 52.5 Å². The van der Waals surface area contributed by atoms with Crippen molar-refractivity contribution in [3.63, 3.8) is 0 Å². The molecule has 1 aromatic carbocycles. The lowest BCUT2D eigenvalue weighted by atomic mass is 10.0. The van der Waals surface area contributed by atoms with E-state index >= 15 is 0 Å². The molecule has 0 saturated carbocycles. The molecule has 0 aliphatic carbocycles. The van der Waals surface area contributed by atoms with E-state index in [-0.39, 0.29) is 17.2 Å². The van der Waals surface area contributed by atoms with Crippen molar-refractivity contribution in [3.05, 3.63) is 46.6 Å². The van der Waals surface area contributed by atoms with Gasteiger partial charge in [0.15, 0.2) is 11.5 Å². The molecule has 3 nitrogen and oxygen atoms in total. The van der Waals surface area contributed by atoms with Crippen LogP contribution in [-0.2, 0) is 6.42 Å². The van der Waals surface area contributed by atoms with E-state index in [4.69, 9.17) is 0 Å². The minimum Gasteiger partial charge on any atom is -0.507 e. The molecule has 0 amide bonds. The monoisotopic (exact) mass is 316 g/mol. The predicted molar refractivity (Wildman–Crippen MR) is 96.9 cm³/mol. The molecule has 0 heterocycles. The fourth-order valence-corrected chi connectivity index (χ4v) is 2.24. The van der Waals surface area contributed by atoms with Crippen molar-refractivity contribution in [3.8, 4) is 17.2 Å². The summed E-state index contributed by atoms with van der Waals surface area (Å²) in [7, 11) is 0. The minimum atomic E-state index is -0.242. The highest BCUT2D eigenvalue weighted by molar-refractivity contribution is 5.67. The Balaban J connectivity index is 2.91. The van der Waals surface area contributed by atoms with Crippen LogP contribution in [0.4, 0.5) is 0 Å². The molecule has 0 atom stereocenters. The second-order valence-electron chi connectivity index (χ2n) is 6.05. The van der Waals surface area contributed by atoms with Gasteiger partial charge >= 0.3 is 0 Å². The van der Waals surface area contributed by atoms with Crippen LogP contribution >= 0.6 is 0 Å². The van der Waals surface area contributed by atoms with Crippen LogP contribution in [0.15, 0.2) is 35.4 Å². The van der Waals surface area contributed by atoms with Gasteiger partial charge in [-0.25, -0.2) is 0 Å². The van der Waals surface area contributed by atoms with E-state index in [1.165, 1.54) is 17.2 Å². The number of aromatic hydroxyl groups is 3. The molecule has 0 radical (unpaired) electrons. The van der Waals surface area contributed by atoms with E-state index in [9.17, 15) is 15.3 Å². The molecule has 0 unspecified atom stereocenters. The molecule has 0 aromatic heterocycles. The third-order valence-electron chi connectivity index (χ3n) is 3.66. The number of hydrogen-bond donors (Lipinski definition) is 3. The molecule has 126 valence electrons. The average Bonchev–Trinajstić information content (AvgIpc) is 2.49. The van der Waals surface area contributed by atoms with Crippen molar-refractivity contribution in [2.75, 3.05) is 0 Å². The maximum atomic E-state index is 10.1. The molecule has 1 rings (SSSR count). The Morgan fingerprint density at radius 2 is 1.74 bits per heavy atom. The standard InChI is InChI=1S/C20H28O3/c1-5-6-10-16-13-18(21)17(20(23)19(16)22)12-11-15(4)9-7-8-14(2)3/h6,8,10-11,13,21-23H,5,7,9,12H2,1-4H3/b10-6+,15-11+. The quantitative estimate of drug-likeness (QED) is 0.355. The Labute approximate surface area is 139 Å². The highest BCUT2D eigenvalue weighted by Crippen LogP contribution is 2.40. The Kier molecular flexibility index (Phi) is 7.46. The summed E-state index contributed by atoms with van der Waals surface area (Å²) in [6.45, 7) is 8.16. The smallest absolute Gasteiger partial charge is 0.165 e. The normalized spacial score (nSPS) is 11.9. The highest BCUT2D eigenvalue weighted by atomic mass is 16.3. The summed E-state index contributed by atoms with van der Waals surface area (Å²) >= 11 is 0. The fraction of sp³-hybridized carbons (Fsp3) is 0.400. The summed E-state index contributed by atoms with van der Waals surface area (Å²) in [5.41, 5.74) is 3.28. The molecular formula is C20H28O3. The van der Waals surface area contributed by atoms with Crippen molar-refractivity contribution in [1.82, 2.24) is 0 Å². The summed E-state index contributed by atoms with van der Waals surface area (Å²) in [6.07, 6.45) is 10.9. The van der Waals surface area contributed by atoms with E-state index < -0.39 is 0 Å². The van der Waals surface area contributed by atoms with Gasteiger partial charge in [0.2, 0.25) is 0 Å². The van der Waals surface area contributed by atoms with Gasteiger partial charge in [-0.1, -0.05) is 42.4 Å². The topological polar surface area (TPSA) is 60.7 Å². The summed E-state index contributed by atoms with van der Waals surface area (Å²) in [6, 6.07) is 1.49. The molecule has 0 saturated heterocycles. The number of phenolic OH excluding ortho intramolecular Hbond substituents is 3. The lowest BCUT2D eigenvalue weighted by Crippen LogP contribution is -1.89. The summed E-state index contributed by atoms with van der Waals surface area (Å²) < 4.78 is 0. The molecule has 0 aliphatic rings. The van der Waals surface area contributed by atoms with Crippen molar-refractivity contribution < 1.29 is 15.3 Å². The van der Waals surface area contributed by atoms with E-state index in [0.717, 1.165) is 19.3 Å². The molecule has 0 bridgehead atoms. The van der Waals surface area contributed by atoms with Crippen LogP contribution in [-0.4, -0.2) is 15.3 Å². The SMILES string of the molecule is CC/C=C/c1cc(O)c(C/C=C(\C)CCC=C(C)C)c(O)c1O. The lowest BCUT2D eigenvalue weighted by molar-refractivity contribution is 0.390. The van der Waals surface area contributed by atoms with Gasteiger partial charge in [0, 0.05) is 11.1 Å². The maximum absolute atomic E-state index is 10.1. The van der Waals surface area contributed by atoms with Gasteiger partial charge in [0.05, 0.1) is 0 Å². The lowest BCUT2D eigenvalue weighted by Gasteiger charge is -2.10. The minimum absolute atomic E-state index is 0.00408. The molecule has 1 aromatic rings. The van der Waals surface area contributed by atoms with Crippen LogP contribution in [0.1, 0.15) is 58.1 Å². The van der Waals surface area contributed by atoms with Crippen LogP contribution in [0, 0.1) is 0 Å². The number of allylic oxidation sites excluding steroid dienone is 5. The third-order valence-corrected chi connectivity index (χ3v) is 3.66. The highest BCUT2D eigenvalue weighted by Gasteiger charge is 2.14. The first-order valence-electron chi connectivity index (χ1n) is 8.09. The van der Waals surface area contributed by atoms with Gasteiger partial charge in [-0.2, -0.15) is 0 Å². The van der Waals surface area contributed by atoms with E-state index in [1.807, 2.05) is 26.0 Å². The van der Waals surface area contributed by atoms with Gasteiger partial charge in [-0.15, -0.1) is 0 Å². The number of hydrogen-bond acceptors (Lipinski definition) is 3. The Bertz CT molecular complexity index is 618. The molecule has 0 fully saturated rings. The summed E-state index contributed by atoms with van der Waals surface area (Å²) in [5.74, 6) is -0.420. The van der Waals surface area contributed by atoms with Crippen LogP contribution in [0.25, 0.3) is 6.08 Å². The van der Waals surface area contributed by atoms with Gasteiger partial charge in [0.1, 0.15) is 5.75 Å². The molecule has 0 spiro atoms. The first-order valence-corrected chi connectivity index (χ1v) is 8.09. The van der Waals surface area contributed by atoms with Crippen molar-refractivity contribution in [1.29, 1.82) is 0 Å². The van der Waals surface area contributed by atoms with Crippen LogP contribution in [0.3, 0.4) is 0 Å². The maximum Gasteiger partial charge on any atom is 0.165 e. The van der Waals surface area contributed by atoms with E-state index in [0.29, 0.717) is 17.5 Å². The molecule has 0 aliphatic heterocycles. The van der Waals surface area contributed by atoms with Crippen LogP contribution in [0.5, 0.6) is 17.2 Å².